The van der Waals surface area contributed by atoms with Gasteiger partial charge in [-0.15, -0.1) is 0 Å². The predicted molar refractivity (Wildman–Crippen MR) is 66.5 cm³/mol. The molecule has 16 heavy (non-hydrogen) atoms. The molecule has 2 rings (SSSR count). The average Bonchev–Trinajstić information content (AvgIpc) is 2.87. The summed E-state index contributed by atoms with van der Waals surface area (Å²) in [5, 5.41) is 16.9. The first-order valence-electron chi connectivity index (χ1n) is 6.90. The summed E-state index contributed by atoms with van der Waals surface area (Å²) in [6.07, 6.45) is 7.24. The molecular weight excluding hydrogens is 200 g/mol. The fraction of sp³-hybridized carbons (Fsp3) is 1.00. The highest BCUT2D eigenvalue weighted by atomic mass is 16.3. The fourth-order valence-corrected chi connectivity index (χ4v) is 3.08. The Morgan fingerprint density at radius 3 is 2.81 bits per heavy atom. The van der Waals surface area contributed by atoms with Gasteiger partial charge in [0.2, 0.25) is 0 Å². The number of rotatable bonds is 5. The zero-order valence-electron chi connectivity index (χ0n) is 10.4. The molecule has 4 unspecified atom stereocenters. The smallest absolute Gasteiger partial charge is 0.0580 e. The van der Waals surface area contributed by atoms with Crippen molar-refractivity contribution in [3.63, 3.8) is 0 Å². The van der Waals surface area contributed by atoms with Crippen molar-refractivity contribution < 1.29 is 5.11 Å². The van der Waals surface area contributed by atoms with Crippen molar-refractivity contribution in [1.82, 2.24) is 10.6 Å². The van der Waals surface area contributed by atoms with E-state index in [1.807, 2.05) is 0 Å². The van der Waals surface area contributed by atoms with Gasteiger partial charge < -0.3 is 15.7 Å². The van der Waals surface area contributed by atoms with Crippen molar-refractivity contribution in [3.05, 3.63) is 0 Å². The number of hydrogen-bond donors (Lipinski definition) is 3. The van der Waals surface area contributed by atoms with Crippen LogP contribution in [-0.4, -0.2) is 36.4 Å². The van der Waals surface area contributed by atoms with Crippen LogP contribution >= 0.6 is 0 Å². The van der Waals surface area contributed by atoms with Crippen LogP contribution in [0.15, 0.2) is 0 Å². The maximum absolute atomic E-state index is 9.73. The summed E-state index contributed by atoms with van der Waals surface area (Å²) in [7, 11) is 0. The Morgan fingerprint density at radius 1 is 1.31 bits per heavy atom. The van der Waals surface area contributed by atoms with Gasteiger partial charge in [0.15, 0.2) is 0 Å². The minimum atomic E-state index is -0.0516. The van der Waals surface area contributed by atoms with E-state index in [4.69, 9.17) is 0 Å². The van der Waals surface area contributed by atoms with Crippen LogP contribution in [0.3, 0.4) is 0 Å². The van der Waals surface area contributed by atoms with Gasteiger partial charge in [-0.1, -0.05) is 6.42 Å². The Kier molecular flexibility index (Phi) is 4.62. The molecule has 1 saturated heterocycles. The summed E-state index contributed by atoms with van der Waals surface area (Å²) < 4.78 is 0. The van der Waals surface area contributed by atoms with E-state index < -0.39 is 0 Å². The highest BCUT2D eigenvalue weighted by molar-refractivity contribution is 4.82. The van der Waals surface area contributed by atoms with Crippen molar-refractivity contribution in [1.29, 1.82) is 0 Å². The number of aliphatic hydroxyl groups is 1. The molecule has 3 N–H and O–H groups in total. The Balaban J connectivity index is 1.61. The second kappa shape index (κ2) is 5.99. The van der Waals surface area contributed by atoms with E-state index in [1.54, 1.807) is 0 Å². The number of nitrogens with one attached hydrogen (secondary N) is 2. The van der Waals surface area contributed by atoms with Gasteiger partial charge in [0.05, 0.1) is 6.10 Å². The van der Waals surface area contributed by atoms with Crippen molar-refractivity contribution in [3.8, 4) is 0 Å². The quantitative estimate of drug-likeness (QED) is 0.661. The van der Waals surface area contributed by atoms with Gasteiger partial charge in [0, 0.05) is 18.6 Å². The molecule has 1 saturated carbocycles. The second-order valence-corrected chi connectivity index (χ2v) is 5.60. The minimum Gasteiger partial charge on any atom is -0.393 e. The molecule has 3 heteroatoms. The van der Waals surface area contributed by atoms with E-state index in [9.17, 15) is 5.11 Å². The highest BCUT2D eigenvalue weighted by Crippen LogP contribution is 2.24. The lowest BCUT2D eigenvalue weighted by atomic mass is 10.0. The van der Waals surface area contributed by atoms with Gasteiger partial charge in [0.1, 0.15) is 0 Å². The zero-order chi connectivity index (χ0) is 11.4. The molecular formula is C13H26N2O. The SMILES string of the molecule is CC(CC1CCCN1)NCC1CCCC1O. The Morgan fingerprint density at radius 2 is 2.19 bits per heavy atom. The second-order valence-electron chi connectivity index (χ2n) is 5.60. The molecule has 1 aliphatic carbocycles. The summed E-state index contributed by atoms with van der Waals surface area (Å²) in [6, 6.07) is 1.29. The van der Waals surface area contributed by atoms with E-state index in [0.29, 0.717) is 12.0 Å². The van der Waals surface area contributed by atoms with Crippen molar-refractivity contribution in [2.24, 2.45) is 5.92 Å². The van der Waals surface area contributed by atoms with Gasteiger partial charge >= 0.3 is 0 Å². The maximum atomic E-state index is 9.73. The third-order valence-corrected chi connectivity index (χ3v) is 4.15. The van der Waals surface area contributed by atoms with Crippen molar-refractivity contribution in [2.75, 3.05) is 13.1 Å². The molecule has 4 atom stereocenters. The van der Waals surface area contributed by atoms with E-state index in [-0.39, 0.29) is 6.10 Å². The minimum absolute atomic E-state index is 0.0516. The molecule has 2 fully saturated rings. The first-order chi connectivity index (χ1) is 7.75. The Hall–Kier alpha value is -0.120. The molecule has 1 heterocycles. The largest absolute Gasteiger partial charge is 0.393 e. The van der Waals surface area contributed by atoms with Crippen molar-refractivity contribution >= 4 is 0 Å². The topological polar surface area (TPSA) is 44.3 Å². The molecule has 0 aromatic heterocycles. The first-order valence-corrected chi connectivity index (χ1v) is 6.90. The highest BCUT2D eigenvalue weighted by Gasteiger charge is 2.25. The standard InChI is InChI=1S/C13H26N2O/c1-10(8-12-5-3-7-14-12)15-9-11-4-2-6-13(11)16/h10-16H,2-9H2,1H3. The molecule has 3 nitrogen and oxygen atoms in total. The molecule has 0 amide bonds. The van der Waals surface area contributed by atoms with Crippen LogP contribution in [0, 0.1) is 5.92 Å². The number of hydrogen-bond acceptors (Lipinski definition) is 3. The van der Waals surface area contributed by atoms with E-state index in [2.05, 4.69) is 17.6 Å². The Labute approximate surface area is 99.0 Å². The lowest BCUT2D eigenvalue weighted by Gasteiger charge is -2.21. The summed E-state index contributed by atoms with van der Waals surface area (Å²) >= 11 is 0. The maximum Gasteiger partial charge on any atom is 0.0580 e. The van der Waals surface area contributed by atoms with E-state index in [0.717, 1.165) is 19.0 Å². The summed E-state index contributed by atoms with van der Waals surface area (Å²) in [4.78, 5) is 0. The summed E-state index contributed by atoms with van der Waals surface area (Å²) in [6.45, 7) is 4.45. The third kappa shape index (κ3) is 3.44. The lowest BCUT2D eigenvalue weighted by molar-refractivity contribution is 0.129. The average molecular weight is 226 g/mol. The lowest BCUT2D eigenvalue weighted by Crippen LogP contribution is -2.37. The molecule has 0 radical (unpaired) electrons. The van der Waals surface area contributed by atoms with Crippen LogP contribution in [-0.2, 0) is 0 Å². The van der Waals surface area contributed by atoms with Crippen LogP contribution in [0.25, 0.3) is 0 Å². The van der Waals surface area contributed by atoms with Crippen molar-refractivity contribution in [2.45, 2.75) is 63.6 Å². The van der Waals surface area contributed by atoms with Crippen LogP contribution in [0.2, 0.25) is 0 Å². The molecule has 2 aliphatic rings. The molecule has 0 bridgehead atoms. The Bertz CT molecular complexity index is 204. The van der Waals surface area contributed by atoms with Crippen LogP contribution < -0.4 is 10.6 Å². The van der Waals surface area contributed by atoms with Gasteiger partial charge in [-0.3, -0.25) is 0 Å². The van der Waals surface area contributed by atoms with Gasteiger partial charge in [-0.05, 0) is 51.5 Å². The van der Waals surface area contributed by atoms with Gasteiger partial charge in [0.25, 0.3) is 0 Å². The number of aliphatic hydroxyl groups excluding tert-OH is 1. The third-order valence-electron chi connectivity index (χ3n) is 4.15. The normalized spacial score (nSPS) is 36.8. The van der Waals surface area contributed by atoms with E-state index in [1.165, 1.54) is 38.6 Å². The first kappa shape index (κ1) is 12.3. The zero-order valence-corrected chi connectivity index (χ0v) is 10.4. The summed E-state index contributed by atoms with van der Waals surface area (Å²) in [5.41, 5.74) is 0. The summed E-state index contributed by atoms with van der Waals surface area (Å²) in [5.74, 6) is 0.499. The monoisotopic (exact) mass is 226 g/mol. The molecule has 94 valence electrons. The predicted octanol–water partition coefficient (Wildman–Crippen LogP) is 1.27. The van der Waals surface area contributed by atoms with Crippen LogP contribution in [0.4, 0.5) is 0 Å². The van der Waals surface area contributed by atoms with Crippen LogP contribution in [0.5, 0.6) is 0 Å². The van der Waals surface area contributed by atoms with Gasteiger partial charge in [-0.25, -0.2) is 0 Å². The molecule has 0 aromatic rings. The van der Waals surface area contributed by atoms with Crippen LogP contribution in [0.1, 0.15) is 45.4 Å². The molecule has 0 spiro atoms. The molecule has 0 aromatic carbocycles. The fourth-order valence-electron chi connectivity index (χ4n) is 3.08. The van der Waals surface area contributed by atoms with Gasteiger partial charge in [-0.2, -0.15) is 0 Å². The molecule has 1 aliphatic heterocycles. The van der Waals surface area contributed by atoms with E-state index >= 15 is 0 Å².